The second kappa shape index (κ2) is 6.83. The number of nitrogens with two attached hydrogens (primary N) is 1. The maximum absolute atomic E-state index is 12.8. The summed E-state index contributed by atoms with van der Waals surface area (Å²) in [6.45, 7) is 2.11. The van der Waals surface area contributed by atoms with E-state index < -0.39 is 11.7 Å². The van der Waals surface area contributed by atoms with Crippen molar-refractivity contribution in [2.24, 2.45) is 5.73 Å². The molecule has 0 radical (unpaired) electrons. The topological polar surface area (TPSA) is 29.3 Å². The summed E-state index contributed by atoms with van der Waals surface area (Å²) < 4.78 is 38.4. The normalized spacial score (nSPS) is 19.6. The molecule has 6 heteroatoms. The molecule has 1 fully saturated rings. The van der Waals surface area contributed by atoms with Gasteiger partial charge >= 0.3 is 6.18 Å². The third kappa shape index (κ3) is 3.90. The molecular formula is C14H19F3N2S. The van der Waals surface area contributed by atoms with Gasteiger partial charge in [-0.3, -0.25) is 4.90 Å². The van der Waals surface area contributed by atoms with Crippen molar-refractivity contribution in [1.82, 2.24) is 4.90 Å². The average molecular weight is 304 g/mol. The molecular weight excluding hydrogens is 285 g/mol. The zero-order valence-corrected chi connectivity index (χ0v) is 12.0. The second-order valence-electron chi connectivity index (χ2n) is 4.88. The van der Waals surface area contributed by atoms with Crippen molar-refractivity contribution < 1.29 is 13.2 Å². The zero-order valence-electron chi connectivity index (χ0n) is 11.2. The average Bonchev–Trinajstić information content (AvgIpc) is 2.68. The molecule has 1 unspecified atom stereocenters. The Morgan fingerprint density at radius 1 is 1.25 bits per heavy atom. The van der Waals surface area contributed by atoms with Crippen LogP contribution < -0.4 is 5.73 Å². The van der Waals surface area contributed by atoms with Gasteiger partial charge in [-0.2, -0.15) is 24.9 Å². The Balaban J connectivity index is 2.22. The van der Waals surface area contributed by atoms with Gasteiger partial charge in [0.2, 0.25) is 0 Å². The standard InChI is InChI=1S/C14H19F3N2S/c15-14(16,17)12-4-1-3-11(9-12)13(10-18)19-5-2-7-20-8-6-19/h1,3-4,9,13H,2,5-8,10,18H2. The molecule has 112 valence electrons. The summed E-state index contributed by atoms with van der Waals surface area (Å²) >= 11 is 1.89. The van der Waals surface area contributed by atoms with Gasteiger partial charge in [0.25, 0.3) is 0 Å². The van der Waals surface area contributed by atoms with Crippen molar-refractivity contribution >= 4 is 11.8 Å². The monoisotopic (exact) mass is 304 g/mol. The van der Waals surface area contributed by atoms with Crippen LogP contribution in [0.25, 0.3) is 0 Å². The van der Waals surface area contributed by atoms with Crippen molar-refractivity contribution in [1.29, 1.82) is 0 Å². The van der Waals surface area contributed by atoms with Gasteiger partial charge in [0.1, 0.15) is 0 Å². The predicted octanol–water partition coefficient (Wildman–Crippen LogP) is 3.14. The zero-order chi connectivity index (χ0) is 14.6. The van der Waals surface area contributed by atoms with Gasteiger partial charge in [-0.15, -0.1) is 0 Å². The first kappa shape index (κ1) is 15.7. The largest absolute Gasteiger partial charge is 0.416 e. The minimum absolute atomic E-state index is 0.129. The lowest BCUT2D eigenvalue weighted by Gasteiger charge is -2.30. The quantitative estimate of drug-likeness (QED) is 0.930. The first-order chi connectivity index (χ1) is 9.52. The summed E-state index contributed by atoms with van der Waals surface area (Å²) in [6.07, 6.45) is -3.25. The Hall–Kier alpha value is -0.720. The highest BCUT2D eigenvalue weighted by Crippen LogP contribution is 2.32. The lowest BCUT2D eigenvalue weighted by atomic mass is 10.0. The van der Waals surface area contributed by atoms with Gasteiger partial charge in [-0.1, -0.05) is 12.1 Å². The van der Waals surface area contributed by atoms with Crippen LogP contribution in [-0.2, 0) is 6.18 Å². The van der Waals surface area contributed by atoms with E-state index in [1.807, 2.05) is 11.8 Å². The third-order valence-corrected chi connectivity index (χ3v) is 4.57. The Morgan fingerprint density at radius 2 is 2.05 bits per heavy atom. The van der Waals surface area contributed by atoms with E-state index in [1.165, 1.54) is 12.1 Å². The molecule has 1 atom stereocenters. The summed E-state index contributed by atoms with van der Waals surface area (Å²) in [4.78, 5) is 2.20. The van der Waals surface area contributed by atoms with Crippen molar-refractivity contribution in [2.45, 2.75) is 18.6 Å². The molecule has 1 aliphatic rings. The van der Waals surface area contributed by atoms with Crippen LogP contribution in [0.2, 0.25) is 0 Å². The van der Waals surface area contributed by atoms with Crippen LogP contribution in [0.15, 0.2) is 24.3 Å². The molecule has 1 saturated heterocycles. The fourth-order valence-electron chi connectivity index (χ4n) is 2.50. The lowest BCUT2D eigenvalue weighted by molar-refractivity contribution is -0.137. The highest BCUT2D eigenvalue weighted by atomic mass is 32.2. The van der Waals surface area contributed by atoms with Crippen molar-refractivity contribution in [3.05, 3.63) is 35.4 Å². The molecule has 1 aliphatic heterocycles. The first-order valence-electron chi connectivity index (χ1n) is 6.71. The minimum Gasteiger partial charge on any atom is -0.329 e. The summed E-state index contributed by atoms with van der Waals surface area (Å²) in [5.41, 5.74) is 5.88. The molecule has 0 saturated carbocycles. The van der Waals surface area contributed by atoms with E-state index in [1.54, 1.807) is 6.07 Å². The molecule has 2 nitrogen and oxygen atoms in total. The van der Waals surface area contributed by atoms with Crippen LogP contribution >= 0.6 is 11.8 Å². The molecule has 2 N–H and O–H groups in total. The van der Waals surface area contributed by atoms with Crippen LogP contribution in [0.1, 0.15) is 23.6 Å². The molecule has 0 amide bonds. The Morgan fingerprint density at radius 3 is 2.75 bits per heavy atom. The fraction of sp³-hybridized carbons (Fsp3) is 0.571. The number of hydrogen-bond donors (Lipinski definition) is 1. The van der Waals surface area contributed by atoms with Crippen molar-refractivity contribution in [3.63, 3.8) is 0 Å². The molecule has 0 bridgehead atoms. The summed E-state index contributed by atoms with van der Waals surface area (Å²) in [6, 6.07) is 5.42. The summed E-state index contributed by atoms with van der Waals surface area (Å²) in [7, 11) is 0. The highest BCUT2D eigenvalue weighted by Gasteiger charge is 2.31. The molecule has 20 heavy (non-hydrogen) atoms. The van der Waals surface area contributed by atoms with Crippen LogP contribution in [0.3, 0.4) is 0 Å². The number of thioether (sulfide) groups is 1. The Kier molecular flexibility index (Phi) is 5.35. The molecule has 0 aliphatic carbocycles. The minimum atomic E-state index is -4.30. The Bertz CT molecular complexity index is 429. The third-order valence-electron chi connectivity index (χ3n) is 3.52. The van der Waals surface area contributed by atoms with Crippen molar-refractivity contribution in [2.75, 3.05) is 31.1 Å². The molecule has 0 aromatic heterocycles. The summed E-state index contributed by atoms with van der Waals surface area (Å²) in [5, 5.41) is 0. The van der Waals surface area contributed by atoms with E-state index in [2.05, 4.69) is 4.90 Å². The van der Waals surface area contributed by atoms with Crippen LogP contribution in [-0.4, -0.2) is 36.0 Å². The molecule has 1 aromatic carbocycles. The van der Waals surface area contributed by atoms with Gasteiger partial charge in [0, 0.05) is 24.9 Å². The number of benzene rings is 1. The number of nitrogens with zero attached hydrogens (tertiary/aromatic N) is 1. The molecule has 1 heterocycles. The van der Waals surface area contributed by atoms with Crippen molar-refractivity contribution in [3.8, 4) is 0 Å². The molecule has 2 rings (SSSR count). The number of rotatable bonds is 3. The van der Waals surface area contributed by atoms with E-state index in [0.29, 0.717) is 12.1 Å². The van der Waals surface area contributed by atoms with Crippen LogP contribution in [0.5, 0.6) is 0 Å². The smallest absolute Gasteiger partial charge is 0.329 e. The van der Waals surface area contributed by atoms with E-state index in [-0.39, 0.29) is 6.04 Å². The van der Waals surface area contributed by atoms with E-state index in [0.717, 1.165) is 37.1 Å². The van der Waals surface area contributed by atoms with Gasteiger partial charge in [-0.25, -0.2) is 0 Å². The molecule has 0 spiro atoms. The van der Waals surface area contributed by atoms with E-state index in [9.17, 15) is 13.2 Å². The van der Waals surface area contributed by atoms with Gasteiger partial charge in [-0.05, 0) is 36.4 Å². The SMILES string of the molecule is NCC(c1cccc(C(F)(F)F)c1)N1CCCSCC1. The maximum atomic E-state index is 12.8. The predicted molar refractivity (Wildman–Crippen MR) is 76.8 cm³/mol. The number of hydrogen-bond acceptors (Lipinski definition) is 3. The fourth-order valence-corrected chi connectivity index (χ4v) is 3.40. The Labute approximate surface area is 121 Å². The number of halogens is 3. The van der Waals surface area contributed by atoms with Gasteiger partial charge in [0.15, 0.2) is 0 Å². The lowest BCUT2D eigenvalue weighted by Crippen LogP contribution is -2.35. The van der Waals surface area contributed by atoms with Gasteiger partial charge < -0.3 is 5.73 Å². The maximum Gasteiger partial charge on any atom is 0.416 e. The van der Waals surface area contributed by atoms with Crippen LogP contribution in [0.4, 0.5) is 13.2 Å². The second-order valence-corrected chi connectivity index (χ2v) is 6.10. The van der Waals surface area contributed by atoms with Gasteiger partial charge in [0.05, 0.1) is 5.56 Å². The number of alkyl halides is 3. The first-order valence-corrected chi connectivity index (χ1v) is 7.87. The van der Waals surface area contributed by atoms with E-state index in [4.69, 9.17) is 5.73 Å². The van der Waals surface area contributed by atoms with E-state index >= 15 is 0 Å². The highest BCUT2D eigenvalue weighted by molar-refractivity contribution is 7.99. The molecule has 1 aromatic rings. The summed E-state index contributed by atoms with van der Waals surface area (Å²) in [5.74, 6) is 2.12. The van der Waals surface area contributed by atoms with Crippen LogP contribution in [0, 0.1) is 0 Å².